The Hall–Kier alpha value is -2.34. The van der Waals surface area contributed by atoms with Crippen molar-refractivity contribution < 1.29 is 18.0 Å². The predicted molar refractivity (Wildman–Crippen MR) is 132 cm³/mol. The van der Waals surface area contributed by atoms with E-state index in [1.807, 2.05) is 13.0 Å². The van der Waals surface area contributed by atoms with E-state index in [4.69, 9.17) is 34.8 Å². The lowest BCUT2D eigenvalue weighted by Crippen LogP contribution is -2.18. The summed E-state index contributed by atoms with van der Waals surface area (Å²) in [5.41, 5.74) is 2.61. The van der Waals surface area contributed by atoms with Gasteiger partial charge in [-0.1, -0.05) is 78.1 Å². The molecule has 2 nitrogen and oxygen atoms in total. The zero-order valence-corrected chi connectivity index (χ0v) is 20.6. The van der Waals surface area contributed by atoms with Crippen LogP contribution in [-0.2, 0) is 0 Å². The number of ketones is 1. The average molecular weight is 527 g/mol. The van der Waals surface area contributed by atoms with Crippen molar-refractivity contribution in [3.63, 3.8) is 0 Å². The fourth-order valence-corrected chi connectivity index (χ4v) is 4.31. The molecule has 2 aromatic carbocycles. The first kappa shape index (κ1) is 26.3. The third-order valence-electron chi connectivity index (χ3n) is 5.44. The minimum Gasteiger partial charge on any atom is -0.294 e. The highest BCUT2D eigenvalue weighted by atomic mass is 35.5. The summed E-state index contributed by atoms with van der Waals surface area (Å²) in [6.07, 6.45) is -0.164. The Morgan fingerprint density at radius 2 is 1.68 bits per heavy atom. The number of hydrogen-bond acceptors (Lipinski definition) is 2. The number of aryl methyl sites for hydroxylation is 1. The minimum absolute atomic E-state index is 0.0459. The van der Waals surface area contributed by atoms with E-state index in [0.717, 1.165) is 11.6 Å². The van der Waals surface area contributed by atoms with Gasteiger partial charge in [0.15, 0.2) is 5.78 Å². The number of aromatic nitrogens is 1. The molecular formula is C26H21Cl3F3NO. The number of carbonyl (C=O) groups is 1. The highest BCUT2D eigenvalue weighted by Crippen LogP contribution is 2.38. The van der Waals surface area contributed by atoms with Gasteiger partial charge in [0.25, 0.3) is 0 Å². The quantitative estimate of drug-likeness (QED) is 0.227. The standard InChI is InChI=1S/C26H21Cl3F3NO/c1-15(18-5-8-25(29)33-14-18)10-24(34)22-6-3-17(9-16(22)2)4-7-23(26(30,31)32)19-11-20(27)13-21(28)12-19/h3-9,11-15,23H,10H2,1-2H3/b7-4+. The van der Waals surface area contributed by atoms with Crippen LogP contribution in [0.5, 0.6) is 0 Å². The molecule has 0 amide bonds. The molecule has 1 aromatic heterocycles. The number of nitrogens with zero attached hydrogens (tertiary/aromatic N) is 1. The SMILES string of the molecule is Cc1cc(/C=C/C(c2cc(Cl)cc(Cl)c2)C(F)(F)F)ccc1C(=O)CC(C)c1ccc(Cl)nc1. The largest absolute Gasteiger partial charge is 0.399 e. The van der Waals surface area contributed by atoms with Crippen LogP contribution < -0.4 is 0 Å². The fraction of sp³-hybridized carbons (Fsp3) is 0.231. The molecule has 2 unspecified atom stereocenters. The third-order valence-corrected chi connectivity index (χ3v) is 6.10. The number of rotatable bonds is 7. The average Bonchev–Trinajstić information content (AvgIpc) is 2.72. The smallest absolute Gasteiger partial charge is 0.294 e. The van der Waals surface area contributed by atoms with Gasteiger partial charge in [0, 0.05) is 28.2 Å². The number of pyridine rings is 1. The van der Waals surface area contributed by atoms with Gasteiger partial charge < -0.3 is 0 Å². The molecule has 0 saturated carbocycles. The van der Waals surface area contributed by atoms with Crippen molar-refractivity contribution >= 4 is 46.7 Å². The van der Waals surface area contributed by atoms with Crippen molar-refractivity contribution in [1.29, 1.82) is 0 Å². The molecule has 3 aromatic rings. The van der Waals surface area contributed by atoms with Gasteiger partial charge in [0.05, 0.1) is 5.92 Å². The number of hydrogen-bond donors (Lipinski definition) is 0. The van der Waals surface area contributed by atoms with Crippen LogP contribution in [-0.4, -0.2) is 16.9 Å². The monoisotopic (exact) mass is 525 g/mol. The Labute approximate surface area is 211 Å². The number of halogens is 6. The Balaban J connectivity index is 1.79. The molecule has 0 saturated heterocycles. The van der Waals surface area contributed by atoms with E-state index in [-0.39, 0.29) is 33.7 Å². The molecule has 8 heteroatoms. The van der Waals surface area contributed by atoms with Gasteiger partial charge in [-0.15, -0.1) is 0 Å². The molecule has 2 atom stereocenters. The predicted octanol–water partition coefficient (Wildman–Crippen LogP) is 9.09. The maximum absolute atomic E-state index is 13.7. The van der Waals surface area contributed by atoms with Gasteiger partial charge in [0.1, 0.15) is 5.15 Å². The van der Waals surface area contributed by atoms with Crippen LogP contribution in [0.15, 0.2) is 60.8 Å². The van der Waals surface area contributed by atoms with E-state index >= 15 is 0 Å². The Morgan fingerprint density at radius 3 is 2.24 bits per heavy atom. The lowest BCUT2D eigenvalue weighted by atomic mass is 9.91. The van der Waals surface area contributed by atoms with Crippen LogP contribution >= 0.6 is 34.8 Å². The first-order chi connectivity index (χ1) is 15.9. The molecule has 0 spiro atoms. The summed E-state index contributed by atoms with van der Waals surface area (Å²) >= 11 is 17.6. The molecule has 0 fully saturated rings. The van der Waals surface area contributed by atoms with Crippen LogP contribution in [0, 0.1) is 6.92 Å². The number of benzene rings is 2. The lowest BCUT2D eigenvalue weighted by molar-refractivity contribution is -0.139. The van der Waals surface area contributed by atoms with Crippen molar-refractivity contribution in [2.75, 3.05) is 0 Å². The Kier molecular flexibility index (Phi) is 8.45. The van der Waals surface area contributed by atoms with Crippen LogP contribution in [0.3, 0.4) is 0 Å². The van der Waals surface area contributed by atoms with Crippen molar-refractivity contribution in [2.45, 2.75) is 38.3 Å². The summed E-state index contributed by atoms with van der Waals surface area (Å²) in [7, 11) is 0. The molecule has 0 N–H and O–H groups in total. The van der Waals surface area contributed by atoms with Crippen LogP contribution in [0.4, 0.5) is 13.2 Å². The molecule has 0 aliphatic heterocycles. The van der Waals surface area contributed by atoms with Crippen molar-refractivity contribution in [3.05, 3.63) is 104 Å². The summed E-state index contributed by atoms with van der Waals surface area (Å²) in [5, 5.41) is 0.646. The van der Waals surface area contributed by atoms with Gasteiger partial charge in [-0.25, -0.2) is 4.98 Å². The zero-order chi connectivity index (χ0) is 25.0. The minimum atomic E-state index is -4.53. The highest BCUT2D eigenvalue weighted by Gasteiger charge is 2.39. The molecule has 178 valence electrons. The Morgan fingerprint density at radius 1 is 1.00 bits per heavy atom. The maximum Gasteiger partial charge on any atom is 0.399 e. The lowest BCUT2D eigenvalue weighted by Gasteiger charge is -2.18. The summed E-state index contributed by atoms with van der Waals surface area (Å²) in [5.74, 6) is -2.00. The fourth-order valence-electron chi connectivity index (χ4n) is 3.66. The normalized spacial score (nSPS) is 13.8. The van der Waals surface area contributed by atoms with Gasteiger partial charge in [-0.2, -0.15) is 13.2 Å². The first-order valence-electron chi connectivity index (χ1n) is 10.4. The second kappa shape index (κ2) is 10.9. The number of carbonyl (C=O) groups excluding carboxylic acids is 1. The molecule has 0 aliphatic rings. The topological polar surface area (TPSA) is 30.0 Å². The maximum atomic E-state index is 13.7. The van der Waals surface area contributed by atoms with Crippen LogP contribution in [0.25, 0.3) is 6.08 Å². The van der Waals surface area contributed by atoms with E-state index in [2.05, 4.69) is 4.98 Å². The van der Waals surface area contributed by atoms with Gasteiger partial charge in [-0.3, -0.25) is 4.79 Å². The van der Waals surface area contributed by atoms with E-state index in [0.29, 0.717) is 21.8 Å². The summed E-state index contributed by atoms with van der Waals surface area (Å²) in [4.78, 5) is 16.9. The van der Waals surface area contributed by atoms with E-state index < -0.39 is 12.1 Å². The van der Waals surface area contributed by atoms with Crippen LogP contribution in [0.2, 0.25) is 15.2 Å². The van der Waals surface area contributed by atoms with Crippen molar-refractivity contribution in [1.82, 2.24) is 4.98 Å². The first-order valence-corrected chi connectivity index (χ1v) is 11.5. The molecular weight excluding hydrogens is 506 g/mol. The third kappa shape index (κ3) is 6.84. The molecule has 3 rings (SSSR count). The van der Waals surface area contributed by atoms with Gasteiger partial charge in [-0.05, 0) is 59.4 Å². The molecule has 0 bridgehead atoms. The van der Waals surface area contributed by atoms with E-state index in [1.54, 1.807) is 37.4 Å². The second-order valence-electron chi connectivity index (χ2n) is 8.10. The number of allylic oxidation sites excluding steroid dienone is 1. The number of Topliss-reactive ketones (excluding diaryl/α,β-unsaturated/α-hetero) is 1. The summed E-state index contributed by atoms with van der Waals surface area (Å²) in [6, 6.07) is 12.4. The molecule has 34 heavy (non-hydrogen) atoms. The summed E-state index contributed by atoms with van der Waals surface area (Å²) < 4.78 is 41.1. The van der Waals surface area contributed by atoms with Crippen molar-refractivity contribution in [3.8, 4) is 0 Å². The highest BCUT2D eigenvalue weighted by molar-refractivity contribution is 6.34. The molecule has 0 radical (unpaired) electrons. The molecule has 1 heterocycles. The van der Waals surface area contributed by atoms with Crippen molar-refractivity contribution in [2.24, 2.45) is 0 Å². The van der Waals surface area contributed by atoms with Gasteiger partial charge >= 0.3 is 6.18 Å². The van der Waals surface area contributed by atoms with E-state index in [1.165, 1.54) is 24.3 Å². The molecule has 0 aliphatic carbocycles. The summed E-state index contributed by atoms with van der Waals surface area (Å²) in [6.45, 7) is 3.69. The number of alkyl halides is 3. The van der Waals surface area contributed by atoms with Crippen LogP contribution in [0.1, 0.15) is 57.8 Å². The van der Waals surface area contributed by atoms with Gasteiger partial charge in [0.2, 0.25) is 0 Å². The van der Waals surface area contributed by atoms with E-state index in [9.17, 15) is 18.0 Å². The zero-order valence-electron chi connectivity index (χ0n) is 18.3. The second-order valence-corrected chi connectivity index (χ2v) is 9.36. The Bertz CT molecular complexity index is 1190.